The summed E-state index contributed by atoms with van der Waals surface area (Å²) in [7, 11) is 1.56. The van der Waals surface area contributed by atoms with Gasteiger partial charge in [0.15, 0.2) is 0 Å². The molecule has 6 heteroatoms. The molecular formula is C15H19NO5. The Kier molecular flexibility index (Phi) is 7.14. The lowest BCUT2D eigenvalue weighted by atomic mass is 10.1. The maximum Gasteiger partial charge on any atom is 0.328 e. The average Bonchev–Trinajstić information content (AvgIpc) is 2.41. The number of amides is 1. The molecule has 0 aliphatic carbocycles. The van der Waals surface area contributed by atoms with Gasteiger partial charge in [0.2, 0.25) is 5.91 Å². The average molecular weight is 293 g/mol. The van der Waals surface area contributed by atoms with Gasteiger partial charge in [0, 0.05) is 18.9 Å². The Labute approximate surface area is 123 Å². The first-order chi connectivity index (χ1) is 10.0. The molecule has 0 unspecified atom stereocenters. The van der Waals surface area contributed by atoms with Crippen LogP contribution >= 0.6 is 0 Å². The van der Waals surface area contributed by atoms with Crippen molar-refractivity contribution in [3.8, 4) is 0 Å². The first kappa shape index (κ1) is 16.9. The first-order valence-corrected chi connectivity index (χ1v) is 6.40. The van der Waals surface area contributed by atoms with Crippen molar-refractivity contribution >= 4 is 23.6 Å². The number of benzene rings is 1. The fourth-order valence-electron chi connectivity index (χ4n) is 1.65. The number of ether oxygens (including phenoxy) is 2. The minimum absolute atomic E-state index is 0.0579. The van der Waals surface area contributed by atoms with Crippen LogP contribution in [0.25, 0.3) is 6.08 Å². The lowest BCUT2D eigenvalue weighted by molar-refractivity contribution is -0.131. The minimum Gasteiger partial charge on any atom is -0.478 e. The van der Waals surface area contributed by atoms with Crippen LogP contribution < -0.4 is 5.32 Å². The number of nitrogens with one attached hydrogen (secondary N) is 1. The molecule has 0 aliphatic rings. The van der Waals surface area contributed by atoms with Gasteiger partial charge in [-0.2, -0.15) is 0 Å². The predicted octanol–water partition coefficient (Wildman–Crippen LogP) is 1.69. The van der Waals surface area contributed by atoms with E-state index < -0.39 is 5.97 Å². The van der Waals surface area contributed by atoms with Gasteiger partial charge < -0.3 is 19.9 Å². The van der Waals surface area contributed by atoms with Gasteiger partial charge in [0.25, 0.3) is 0 Å². The van der Waals surface area contributed by atoms with E-state index in [2.05, 4.69) is 5.32 Å². The summed E-state index contributed by atoms with van der Waals surface area (Å²) in [5, 5.41) is 11.3. The van der Waals surface area contributed by atoms with Crippen molar-refractivity contribution in [2.45, 2.75) is 6.92 Å². The van der Waals surface area contributed by atoms with E-state index in [0.29, 0.717) is 24.5 Å². The minimum atomic E-state index is -1.02. The quantitative estimate of drug-likeness (QED) is 0.563. The Bertz CT molecular complexity index is 525. The van der Waals surface area contributed by atoms with Crippen LogP contribution in [-0.4, -0.2) is 43.9 Å². The first-order valence-electron chi connectivity index (χ1n) is 6.40. The topological polar surface area (TPSA) is 84.9 Å². The van der Waals surface area contributed by atoms with Crippen molar-refractivity contribution in [2.75, 3.05) is 32.2 Å². The highest BCUT2D eigenvalue weighted by atomic mass is 16.5. The predicted molar refractivity (Wildman–Crippen MR) is 79.2 cm³/mol. The summed E-state index contributed by atoms with van der Waals surface area (Å²) < 4.78 is 9.93. The zero-order valence-corrected chi connectivity index (χ0v) is 12.1. The lowest BCUT2D eigenvalue weighted by Crippen LogP contribution is -2.19. The number of methoxy groups -OCH3 is 1. The molecule has 1 aromatic carbocycles. The van der Waals surface area contributed by atoms with Crippen LogP contribution in [0.1, 0.15) is 11.1 Å². The zero-order chi connectivity index (χ0) is 15.7. The highest BCUT2D eigenvalue weighted by Gasteiger charge is 2.04. The smallest absolute Gasteiger partial charge is 0.328 e. The van der Waals surface area contributed by atoms with Crippen molar-refractivity contribution in [3.05, 3.63) is 35.4 Å². The van der Waals surface area contributed by atoms with Crippen molar-refractivity contribution in [1.82, 2.24) is 0 Å². The number of carbonyl (C=O) groups excluding carboxylic acids is 1. The van der Waals surface area contributed by atoms with Crippen LogP contribution in [0.5, 0.6) is 0 Å². The summed E-state index contributed by atoms with van der Waals surface area (Å²) in [6.07, 6.45) is 2.52. The van der Waals surface area contributed by atoms with E-state index in [0.717, 1.165) is 11.6 Å². The highest BCUT2D eigenvalue weighted by Crippen LogP contribution is 2.15. The molecule has 0 heterocycles. The molecule has 0 spiro atoms. The molecule has 0 saturated heterocycles. The fraction of sp³-hybridized carbons (Fsp3) is 0.333. The SMILES string of the molecule is COCCOCC(=O)Nc1cc(C)cc(/C=C/C(=O)O)c1. The number of hydrogen-bond acceptors (Lipinski definition) is 4. The highest BCUT2D eigenvalue weighted by molar-refractivity contribution is 5.92. The molecule has 0 radical (unpaired) electrons. The third-order valence-corrected chi connectivity index (χ3v) is 2.47. The molecule has 1 amide bonds. The Morgan fingerprint density at radius 1 is 1.29 bits per heavy atom. The van der Waals surface area contributed by atoms with Crippen LogP contribution in [-0.2, 0) is 19.1 Å². The van der Waals surface area contributed by atoms with Gasteiger partial charge >= 0.3 is 5.97 Å². The van der Waals surface area contributed by atoms with Crippen LogP contribution in [0.2, 0.25) is 0 Å². The van der Waals surface area contributed by atoms with E-state index in [1.807, 2.05) is 13.0 Å². The molecule has 0 saturated carbocycles. The monoisotopic (exact) mass is 293 g/mol. The molecule has 2 N–H and O–H groups in total. The third-order valence-electron chi connectivity index (χ3n) is 2.47. The third kappa shape index (κ3) is 7.24. The lowest BCUT2D eigenvalue weighted by Gasteiger charge is -2.08. The van der Waals surface area contributed by atoms with E-state index in [-0.39, 0.29) is 12.5 Å². The molecule has 0 aliphatic heterocycles. The normalized spacial score (nSPS) is 10.8. The van der Waals surface area contributed by atoms with Crippen molar-refractivity contribution in [2.24, 2.45) is 0 Å². The maximum absolute atomic E-state index is 11.7. The van der Waals surface area contributed by atoms with Gasteiger partial charge in [0.05, 0.1) is 13.2 Å². The molecule has 0 atom stereocenters. The van der Waals surface area contributed by atoms with Crippen LogP contribution in [0.15, 0.2) is 24.3 Å². The molecule has 0 fully saturated rings. The van der Waals surface area contributed by atoms with E-state index in [4.69, 9.17) is 14.6 Å². The zero-order valence-electron chi connectivity index (χ0n) is 12.1. The van der Waals surface area contributed by atoms with Gasteiger partial charge in [-0.15, -0.1) is 0 Å². The molecule has 21 heavy (non-hydrogen) atoms. The number of carbonyl (C=O) groups is 2. The summed E-state index contributed by atoms with van der Waals surface area (Å²) in [5.74, 6) is -1.29. The molecule has 0 bridgehead atoms. The van der Waals surface area contributed by atoms with Gasteiger partial charge in [-0.05, 0) is 36.3 Å². The molecule has 1 rings (SSSR count). The summed E-state index contributed by atoms with van der Waals surface area (Å²) in [6, 6.07) is 5.31. The Morgan fingerprint density at radius 2 is 2.05 bits per heavy atom. The molecule has 114 valence electrons. The fourth-order valence-corrected chi connectivity index (χ4v) is 1.65. The van der Waals surface area contributed by atoms with Gasteiger partial charge in [-0.1, -0.05) is 6.07 Å². The summed E-state index contributed by atoms with van der Waals surface area (Å²) in [5.41, 5.74) is 2.21. The number of carboxylic acid groups (broad SMARTS) is 1. The van der Waals surface area contributed by atoms with Crippen molar-refractivity contribution in [3.63, 3.8) is 0 Å². The number of carboxylic acids is 1. The second-order valence-corrected chi connectivity index (χ2v) is 4.40. The second kappa shape index (κ2) is 8.89. The number of anilines is 1. The number of rotatable bonds is 8. The van der Waals surface area contributed by atoms with Crippen LogP contribution in [0.4, 0.5) is 5.69 Å². The van der Waals surface area contributed by atoms with Crippen LogP contribution in [0.3, 0.4) is 0 Å². The number of aryl methyl sites for hydroxylation is 1. The van der Waals surface area contributed by atoms with Gasteiger partial charge in [-0.25, -0.2) is 4.79 Å². The van der Waals surface area contributed by atoms with Crippen molar-refractivity contribution < 1.29 is 24.2 Å². The molecule has 1 aromatic rings. The molecule has 0 aromatic heterocycles. The van der Waals surface area contributed by atoms with Gasteiger partial charge in [0.1, 0.15) is 6.61 Å². The van der Waals surface area contributed by atoms with E-state index in [1.54, 1.807) is 19.2 Å². The standard InChI is InChI=1S/C15H19NO5/c1-11-7-12(3-4-15(18)19)9-13(8-11)16-14(17)10-21-6-5-20-2/h3-4,7-9H,5-6,10H2,1-2H3,(H,16,17)(H,18,19)/b4-3+. The Morgan fingerprint density at radius 3 is 2.71 bits per heavy atom. The summed E-state index contributed by atoms with van der Waals surface area (Å²) >= 11 is 0. The maximum atomic E-state index is 11.7. The Hall–Kier alpha value is -2.18. The van der Waals surface area contributed by atoms with Gasteiger partial charge in [-0.3, -0.25) is 4.79 Å². The Balaban J connectivity index is 2.62. The number of aliphatic carboxylic acids is 1. The number of hydrogen-bond donors (Lipinski definition) is 2. The van der Waals surface area contributed by atoms with E-state index in [1.165, 1.54) is 6.08 Å². The second-order valence-electron chi connectivity index (χ2n) is 4.40. The summed E-state index contributed by atoms with van der Waals surface area (Å²) in [6.45, 7) is 2.59. The summed E-state index contributed by atoms with van der Waals surface area (Å²) in [4.78, 5) is 22.2. The molecular weight excluding hydrogens is 274 g/mol. The van der Waals surface area contributed by atoms with E-state index >= 15 is 0 Å². The van der Waals surface area contributed by atoms with Crippen molar-refractivity contribution in [1.29, 1.82) is 0 Å². The van der Waals surface area contributed by atoms with E-state index in [9.17, 15) is 9.59 Å². The van der Waals surface area contributed by atoms with Crippen LogP contribution in [0, 0.1) is 6.92 Å². The largest absolute Gasteiger partial charge is 0.478 e. The molecule has 6 nitrogen and oxygen atoms in total.